The van der Waals surface area contributed by atoms with Crippen molar-refractivity contribution in [3.05, 3.63) is 23.8 Å². The zero-order valence-electron chi connectivity index (χ0n) is 8.06. The quantitative estimate of drug-likeness (QED) is 0.750. The summed E-state index contributed by atoms with van der Waals surface area (Å²) in [4.78, 5) is 11.4. The van der Waals surface area contributed by atoms with Crippen LogP contribution in [0.5, 0.6) is 11.5 Å². The molecule has 0 aliphatic heterocycles. The average Bonchev–Trinajstić information content (AvgIpc) is 2.25. The van der Waals surface area contributed by atoms with Gasteiger partial charge in [-0.25, -0.2) is 4.79 Å². The minimum atomic E-state index is -0.786. The summed E-state index contributed by atoms with van der Waals surface area (Å²) >= 11 is 0. The first-order valence-electron chi connectivity index (χ1n) is 4.10. The summed E-state index contributed by atoms with van der Waals surface area (Å²) < 4.78 is 9.44. The van der Waals surface area contributed by atoms with Crippen LogP contribution in [-0.4, -0.2) is 24.8 Å². The van der Waals surface area contributed by atoms with E-state index in [0.717, 1.165) is 0 Å². The molecule has 0 spiro atoms. The molecule has 0 fully saturated rings. The van der Waals surface area contributed by atoms with Gasteiger partial charge in [-0.3, -0.25) is 0 Å². The van der Waals surface area contributed by atoms with Gasteiger partial charge in [0.1, 0.15) is 23.1 Å². The molecule has 1 rings (SSSR count). The minimum absolute atomic E-state index is 0.0738. The Bertz CT molecular complexity index is 408. The highest BCUT2D eigenvalue weighted by atomic mass is 16.5. The van der Waals surface area contributed by atoms with Gasteiger partial charge in [-0.05, 0) is 12.1 Å². The van der Waals surface area contributed by atoms with E-state index in [1.54, 1.807) is 6.07 Å². The van der Waals surface area contributed by atoms with Gasteiger partial charge in [0.25, 0.3) is 0 Å². The van der Waals surface area contributed by atoms with Crippen LogP contribution in [0, 0.1) is 11.3 Å². The number of carbonyl (C=O) groups is 1. The van der Waals surface area contributed by atoms with Crippen molar-refractivity contribution in [2.24, 2.45) is 0 Å². The molecule has 1 aromatic carbocycles. The number of phenolic OH excluding ortho intramolecular Hbond substituents is 1. The molecule has 78 valence electrons. The molecular weight excluding hydrogens is 198 g/mol. The van der Waals surface area contributed by atoms with E-state index >= 15 is 0 Å². The summed E-state index contributed by atoms with van der Waals surface area (Å²) in [6.45, 7) is -0.365. The normalized spacial score (nSPS) is 9.07. The number of ether oxygens (including phenoxy) is 2. The third-order valence-corrected chi connectivity index (χ3v) is 1.70. The van der Waals surface area contributed by atoms with Crippen LogP contribution in [0.15, 0.2) is 18.2 Å². The summed E-state index contributed by atoms with van der Waals surface area (Å²) in [5.74, 6) is -0.818. The number of rotatable bonds is 3. The maximum Gasteiger partial charge on any atom is 0.346 e. The van der Waals surface area contributed by atoms with E-state index in [9.17, 15) is 9.90 Å². The lowest BCUT2D eigenvalue weighted by Crippen LogP contribution is -2.07. The molecule has 15 heavy (non-hydrogen) atoms. The lowest BCUT2D eigenvalue weighted by atomic mass is 10.2. The van der Waals surface area contributed by atoms with E-state index in [1.165, 1.54) is 25.3 Å². The first-order chi connectivity index (χ1) is 7.20. The Balaban J connectivity index is 3.01. The number of nitriles is 1. The lowest BCUT2D eigenvalue weighted by Gasteiger charge is -2.08. The Labute approximate surface area is 86.5 Å². The first kappa shape index (κ1) is 10.9. The number of aromatic hydroxyl groups is 1. The van der Waals surface area contributed by atoms with Crippen LogP contribution in [0.2, 0.25) is 0 Å². The molecule has 5 nitrogen and oxygen atoms in total. The number of benzene rings is 1. The van der Waals surface area contributed by atoms with Crippen molar-refractivity contribution in [3.8, 4) is 17.6 Å². The Hall–Kier alpha value is -2.22. The molecule has 0 atom stereocenters. The smallest absolute Gasteiger partial charge is 0.346 e. The molecule has 0 aromatic heterocycles. The van der Waals surface area contributed by atoms with Crippen molar-refractivity contribution in [1.29, 1.82) is 5.26 Å². The minimum Gasteiger partial charge on any atom is -0.507 e. The van der Waals surface area contributed by atoms with Crippen LogP contribution in [0.25, 0.3) is 0 Å². The van der Waals surface area contributed by atoms with Crippen LogP contribution in [0.3, 0.4) is 0 Å². The van der Waals surface area contributed by atoms with Crippen molar-refractivity contribution in [2.75, 3.05) is 13.7 Å². The fraction of sp³-hybridized carbons (Fsp3) is 0.200. The molecule has 0 radical (unpaired) electrons. The van der Waals surface area contributed by atoms with Gasteiger partial charge in [0.05, 0.1) is 7.11 Å². The lowest BCUT2D eigenvalue weighted by molar-refractivity contribution is 0.0548. The molecule has 0 saturated carbocycles. The highest BCUT2D eigenvalue weighted by molar-refractivity contribution is 5.95. The van der Waals surface area contributed by atoms with Crippen molar-refractivity contribution in [3.63, 3.8) is 0 Å². The molecule has 0 unspecified atom stereocenters. The number of hydrogen-bond acceptors (Lipinski definition) is 5. The van der Waals surface area contributed by atoms with E-state index in [-0.39, 0.29) is 23.7 Å². The second-order valence-corrected chi connectivity index (χ2v) is 2.59. The van der Waals surface area contributed by atoms with Gasteiger partial charge in [-0.15, -0.1) is 0 Å². The average molecular weight is 207 g/mol. The second kappa shape index (κ2) is 4.86. The monoisotopic (exact) mass is 207 g/mol. The van der Waals surface area contributed by atoms with Gasteiger partial charge in [-0.2, -0.15) is 5.26 Å². The maximum atomic E-state index is 11.4. The van der Waals surface area contributed by atoms with Gasteiger partial charge in [0.15, 0.2) is 6.61 Å². The van der Waals surface area contributed by atoms with Crippen LogP contribution in [0.1, 0.15) is 10.4 Å². The van der Waals surface area contributed by atoms with Gasteiger partial charge in [-0.1, -0.05) is 6.07 Å². The Morgan fingerprint density at radius 2 is 2.33 bits per heavy atom. The maximum absolute atomic E-state index is 11.4. The summed E-state index contributed by atoms with van der Waals surface area (Å²) in [5.41, 5.74) is -0.0738. The van der Waals surface area contributed by atoms with Gasteiger partial charge in [0.2, 0.25) is 0 Å². The van der Waals surface area contributed by atoms with E-state index in [0.29, 0.717) is 0 Å². The fourth-order valence-corrected chi connectivity index (χ4v) is 1.06. The third-order valence-electron chi connectivity index (χ3n) is 1.70. The Morgan fingerprint density at radius 3 is 2.93 bits per heavy atom. The second-order valence-electron chi connectivity index (χ2n) is 2.59. The van der Waals surface area contributed by atoms with Crippen molar-refractivity contribution >= 4 is 5.97 Å². The summed E-state index contributed by atoms with van der Waals surface area (Å²) in [6.07, 6.45) is 0. The number of nitrogens with zero attached hydrogens (tertiary/aromatic N) is 1. The van der Waals surface area contributed by atoms with Crippen molar-refractivity contribution in [2.45, 2.75) is 0 Å². The van der Waals surface area contributed by atoms with Gasteiger partial charge >= 0.3 is 5.97 Å². The number of methoxy groups -OCH3 is 1. The van der Waals surface area contributed by atoms with Crippen LogP contribution in [0.4, 0.5) is 0 Å². The molecule has 0 aliphatic carbocycles. The molecule has 1 N–H and O–H groups in total. The topological polar surface area (TPSA) is 79.6 Å². The predicted molar refractivity (Wildman–Crippen MR) is 50.6 cm³/mol. The molecule has 0 amide bonds. The molecule has 0 heterocycles. The molecule has 0 aliphatic rings. The number of carbonyl (C=O) groups excluding carboxylic acids is 1. The van der Waals surface area contributed by atoms with Crippen LogP contribution < -0.4 is 4.74 Å². The Kier molecular flexibility index (Phi) is 3.52. The van der Waals surface area contributed by atoms with Crippen LogP contribution in [-0.2, 0) is 4.74 Å². The third kappa shape index (κ3) is 2.38. The summed E-state index contributed by atoms with van der Waals surface area (Å²) in [5, 5.41) is 17.7. The van der Waals surface area contributed by atoms with Crippen LogP contribution >= 0.6 is 0 Å². The zero-order chi connectivity index (χ0) is 11.3. The SMILES string of the molecule is COc1cccc(O)c1C(=O)OCC#N. The number of phenols is 1. The highest BCUT2D eigenvalue weighted by Crippen LogP contribution is 2.27. The van der Waals surface area contributed by atoms with E-state index in [2.05, 4.69) is 4.74 Å². The molecular formula is C10H9NO4. The standard InChI is InChI=1S/C10H9NO4/c1-14-8-4-2-3-7(12)9(8)10(13)15-6-5-11/h2-4,12H,6H2,1H3. The zero-order valence-corrected chi connectivity index (χ0v) is 8.06. The number of hydrogen-bond donors (Lipinski definition) is 1. The first-order valence-corrected chi connectivity index (χ1v) is 4.10. The van der Waals surface area contributed by atoms with E-state index in [4.69, 9.17) is 10.00 Å². The van der Waals surface area contributed by atoms with E-state index in [1.807, 2.05) is 0 Å². The molecule has 5 heteroatoms. The van der Waals surface area contributed by atoms with Gasteiger partial charge < -0.3 is 14.6 Å². The van der Waals surface area contributed by atoms with Gasteiger partial charge in [0, 0.05) is 0 Å². The largest absolute Gasteiger partial charge is 0.507 e. The van der Waals surface area contributed by atoms with E-state index < -0.39 is 5.97 Å². The summed E-state index contributed by atoms with van der Waals surface area (Å²) in [6, 6.07) is 6.05. The Morgan fingerprint density at radius 1 is 1.60 bits per heavy atom. The predicted octanol–water partition coefficient (Wildman–Crippen LogP) is 1.08. The van der Waals surface area contributed by atoms with Crippen molar-refractivity contribution < 1.29 is 19.4 Å². The number of esters is 1. The molecule has 0 saturated heterocycles. The molecule has 1 aromatic rings. The summed E-state index contributed by atoms with van der Waals surface area (Å²) in [7, 11) is 1.37. The highest BCUT2D eigenvalue weighted by Gasteiger charge is 2.18. The molecule has 0 bridgehead atoms. The fourth-order valence-electron chi connectivity index (χ4n) is 1.06. The van der Waals surface area contributed by atoms with Crippen molar-refractivity contribution in [1.82, 2.24) is 0 Å².